The molecule has 0 aromatic heterocycles. The topological polar surface area (TPSA) is 80.3 Å². The van der Waals surface area contributed by atoms with Crippen molar-refractivity contribution >= 4 is 17.5 Å². The van der Waals surface area contributed by atoms with E-state index in [2.05, 4.69) is 20.1 Å². The first kappa shape index (κ1) is 31.7. The number of allylic oxidation sites excluding steroid dienone is 3. The highest BCUT2D eigenvalue weighted by molar-refractivity contribution is 5.89. The highest BCUT2D eigenvalue weighted by Gasteiger charge is 2.13. The van der Waals surface area contributed by atoms with Gasteiger partial charge in [0.05, 0.1) is 25.6 Å². The highest BCUT2D eigenvalue weighted by atomic mass is 16.6. The zero-order valence-electron chi connectivity index (χ0n) is 23.0. The van der Waals surface area contributed by atoms with Crippen molar-refractivity contribution in [3.63, 3.8) is 0 Å². The van der Waals surface area contributed by atoms with E-state index in [1.807, 2.05) is 25.1 Å². The molecule has 7 heteroatoms. The minimum atomic E-state index is -0.529. The molecule has 1 aromatic carbocycles. The van der Waals surface area contributed by atoms with Gasteiger partial charge in [0.25, 0.3) is 0 Å². The molecule has 0 fully saturated rings. The second-order valence-electron chi connectivity index (χ2n) is 8.73. The molecule has 0 radical (unpaired) electrons. The Morgan fingerprint density at radius 2 is 1.57 bits per heavy atom. The molecule has 37 heavy (non-hydrogen) atoms. The molecule has 0 spiro atoms. The van der Waals surface area contributed by atoms with Crippen LogP contribution in [0.3, 0.4) is 0 Å². The molecule has 0 heterocycles. The largest absolute Gasteiger partial charge is 0.498 e. The fourth-order valence-corrected chi connectivity index (χ4v) is 2.99. The lowest BCUT2D eigenvalue weighted by atomic mass is 10.1. The highest BCUT2D eigenvalue weighted by Crippen LogP contribution is 2.31. The molecule has 0 amide bonds. The summed E-state index contributed by atoms with van der Waals surface area (Å²) >= 11 is 0. The Bertz CT molecular complexity index is 972. The summed E-state index contributed by atoms with van der Waals surface area (Å²) in [6.07, 6.45) is 8.64. The molecule has 0 saturated heterocycles. The van der Waals surface area contributed by atoms with E-state index in [0.29, 0.717) is 43.3 Å². The summed E-state index contributed by atoms with van der Waals surface area (Å²) in [5, 5.41) is 0. The molecule has 0 aliphatic carbocycles. The first-order valence-corrected chi connectivity index (χ1v) is 12.7. The predicted molar refractivity (Wildman–Crippen MR) is 146 cm³/mol. The van der Waals surface area contributed by atoms with Crippen LogP contribution in [0.1, 0.15) is 65.4 Å². The molecule has 0 unspecified atom stereocenters. The van der Waals surface area contributed by atoms with Gasteiger partial charge < -0.3 is 23.7 Å². The zero-order chi connectivity index (χ0) is 27.6. The Labute approximate surface area is 221 Å². The van der Waals surface area contributed by atoms with Crippen LogP contribution in [0.5, 0.6) is 11.5 Å². The van der Waals surface area contributed by atoms with E-state index in [1.54, 1.807) is 33.1 Å². The fraction of sp³-hybridized carbons (Fsp3) is 0.467. The number of unbranched alkanes of at least 4 members (excludes halogenated alkanes) is 3. The Kier molecular flexibility index (Phi) is 15.4. The fourth-order valence-electron chi connectivity index (χ4n) is 2.99. The third-order valence-electron chi connectivity index (χ3n) is 5.23. The lowest BCUT2D eigenvalue weighted by Gasteiger charge is -2.14. The van der Waals surface area contributed by atoms with Crippen molar-refractivity contribution in [2.75, 3.05) is 33.5 Å². The van der Waals surface area contributed by atoms with E-state index in [0.717, 1.165) is 36.2 Å². The minimum absolute atomic E-state index is 0.202. The second kappa shape index (κ2) is 18.0. The molecule has 0 saturated carbocycles. The smallest absolute Gasteiger partial charge is 0.338 e. The number of rotatable bonds is 18. The van der Waals surface area contributed by atoms with Crippen LogP contribution in [-0.2, 0) is 23.8 Å². The van der Waals surface area contributed by atoms with Gasteiger partial charge in [0.1, 0.15) is 6.61 Å². The van der Waals surface area contributed by atoms with Crippen LogP contribution in [0.15, 0.2) is 60.4 Å². The van der Waals surface area contributed by atoms with Gasteiger partial charge in [0.2, 0.25) is 0 Å². The van der Waals surface area contributed by atoms with Crippen LogP contribution in [0.4, 0.5) is 0 Å². The Balaban J connectivity index is 3.08. The van der Waals surface area contributed by atoms with Crippen molar-refractivity contribution in [1.82, 2.24) is 0 Å². The third-order valence-corrected chi connectivity index (χ3v) is 5.23. The van der Waals surface area contributed by atoms with Crippen molar-refractivity contribution in [3.05, 3.63) is 66.0 Å². The first-order chi connectivity index (χ1) is 17.7. The lowest BCUT2D eigenvalue weighted by molar-refractivity contribution is -0.139. The Hall–Kier alpha value is -3.32. The van der Waals surface area contributed by atoms with Crippen LogP contribution in [0, 0.1) is 0 Å². The number of hydrogen-bond acceptors (Lipinski definition) is 7. The number of benzene rings is 1. The van der Waals surface area contributed by atoms with E-state index < -0.39 is 11.9 Å². The van der Waals surface area contributed by atoms with Crippen molar-refractivity contribution in [2.24, 2.45) is 0 Å². The van der Waals surface area contributed by atoms with Gasteiger partial charge >= 0.3 is 11.9 Å². The number of carbonyl (C=O) groups is 2. The summed E-state index contributed by atoms with van der Waals surface area (Å²) < 4.78 is 27.5. The first-order valence-electron chi connectivity index (χ1n) is 12.7. The van der Waals surface area contributed by atoms with Crippen LogP contribution < -0.4 is 9.47 Å². The van der Waals surface area contributed by atoms with Crippen molar-refractivity contribution in [2.45, 2.75) is 59.8 Å². The minimum Gasteiger partial charge on any atom is -0.498 e. The van der Waals surface area contributed by atoms with Gasteiger partial charge in [-0.2, -0.15) is 0 Å². The SMILES string of the molecule is C=C(C)C(=O)OCC/C(=C\C=C(/C)c1ccc(OCCOC)c(OC(=O)C(=C)C)c1)OCCCCCC. The van der Waals surface area contributed by atoms with Crippen molar-refractivity contribution in [3.8, 4) is 11.5 Å². The molecule has 7 nitrogen and oxygen atoms in total. The maximum Gasteiger partial charge on any atom is 0.338 e. The maximum absolute atomic E-state index is 12.2. The molecular weight excluding hydrogens is 472 g/mol. The van der Waals surface area contributed by atoms with Gasteiger partial charge in [-0.3, -0.25) is 0 Å². The van der Waals surface area contributed by atoms with E-state index in [4.69, 9.17) is 23.7 Å². The number of hydrogen-bond donors (Lipinski definition) is 0. The van der Waals surface area contributed by atoms with Gasteiger partial charge in [-0.25, -0.2) is 9.59 Å². The number of carbonyl (C=O) groups excluding carboxylic acids is 2. The predicted octanol–water partition coefficient (Wildman–Crippen LogP) is 6.59. The molecule has 204 valence electrons. The quantitative estimate of drug-likeness (QED) is 0.0546. The average Bonchev–Trinajstić information content (AvgIpc) is 2.87. The molecule has 0 aliphatic heterocycles. The Morgan fingerprint density at radius 3 is 2.22 bits per heavy atom. The van der Waals surface area contributed by atoms with Crippen LogP contribution >= 0.6 is 0 Å². The summed E-state index contributed by atoms with van der Waals surface area (Å²) in [6.45, 7) is 16.1. The monoisotopic (exact) mass is 514 g/mol. The van der Waals surface area contributed by atoms with Gasteiger partial charge in [-0.15, -0.1) is 0 Å². The number of esters is 2. The van der Waals surface area contributed by atoms with E-state index in [9.17, 15) is 9.59 Å². The second-order valence-corrected chi connectivity index (χ2v) is 8.73. The normalized spacial score (nSPS) is 11.6. The molecule has 0 bridgehead atoms. The molecule has 0 atom stereocenters. The van der Waals surface area contributed by atoms with Gasteiger partial charge in [-0.05, 0) is 56.5 Å². The van der Waals surface area contributed by atoms with E-state index >= 15 is 0 Å². The van der Waals surface area contributed by atoms with Crippen molar-refractivity contribution in [1.29, 1.82) is 0 Å². The van der Waals surface area contributed by atoms with Crippen LogP contribution in [0.25, 0.3) is 5.57 Å². The Morgan fingerprint density at radius 1 is 0.838 bits per heavy atom. The molecule has 1 aromatic rings. The van der Waals surface area contributed by atoms with E-state index in [-0.39, 0.29) is 12.2 Å². The summed E-state index contributed by atoms with van der Waals surface area (Å²) in [6, 6.07) is 5.40. The van der Waals surface area contributed by atoms with Gasteiger partial charge in [0, 0.05) is 24.7 Å². The third kappa shape index (κ3) is 13.0. The number of ether oxygens (including phenoxy) is 5. The number of methoxy groups -OCH3 is 1. The summed E-state index contributed by atoms with van der Waals surface area (Å²) in [4.78, 5) is 23.9. The molecular formula is C30H42O7. The summed E-state index contributed by atoms with van der Waals surface area (Å²) in [7, 11) is 1.59. The van der Waals surface area contributed by atoms with Gasteiger partial charge in [-0.1, -0.05) is 51.5 Å². The summed E-state index contributed by atoms with van der Waals surface area (Å²) in [5.74, 6) is 0.516. The van der Waals surface area contributed by atoms with Crippen LogP contribution in [-0.4, -0.2) is 45.5 Å². The molecule has 1 rings (SSSR count). The van der Waals surface area contributed by atoms with E-state index in [1.165, 1.54) is 6.42 Å². The zero-order valence-corrected chi connectivity index (χ0v) is 23.0. The van der Waals surface area contributed by atoms with Crippen molar-refractivity contribution < 1.29 is 33.3 Å². The average molecular weight is 515 g/mol. The molecule has 0 N–H and O–H groups in total. The maximum atomic E-state index is 12.2. The summed E-state index contributed by atoms with van der Waals surface area (Å²) in [5.41, 5.74) is 2.41. The van der Waals surface area contributed by atoms with Gasteiger partial charge in [0.15, 0.2) is 11.5 Å². The molecule has 0 aliphatic rings. The van der Waals surface area contributed by atoms with Crippen LogP contribution in [0.2, 0.25) is 0 Å². The lowest BCUT2D eigenvalue weighted by Crippen LogP contribution is -2.11. The standard InChI is InChI=1S/C30H42O7/c1-8-9-10-11-17-34-26(16-18-36-29(31)22(2)3)14-12-24(6)25-13-15-27(35-20-19-33-7)28(21-25)37-30(32)23(4)5/h12-15,21H,2,4,8-11,16-20H2,1,3,5-7H3/b24-12+,26-14+.